The Morgan fingerprint density at radius 3 is 2.67 bits per heavy atom. The van der Waals surface area contributed by atoms with E-state index >= 15 is 0 Å². The van der Waals surface area contributed by atoms with E-state index in [0.29, 0.717) is 6.04 Å². The van der Waals surface area contributed by atoms with E-state index in [0.717, 1.165) is 32.7 Å². The Hall–Kier alpha value is -0.900. The average Bonchev–Trinajstić information content (AvgIpc) is 2.36. The monoisotopic (exact) mass is 247 g/mol. The molecule has 0 saturated carbocycles. The first-order chi connectivity index (χ1) is 8.60. The highest BCUT2D eigenvalue weighted by molar-refractivity contribution is 5.29. The first kappa shape index (κ1) is 13.5. The van der Waals surface area contributed by atoms with Gasteiger partial charge in [-0.05, 0) is 37.6 Å². The first-order valence-electron chi connectivity index (χ1n) is 6.79. The molecule has 0 bridgehead atoms. The number of piperazine rings is 1. The molecule has 0 aliphatic carbocycles. The third-order valence-corrected chi connectivity index (χ3v) is 4.04. The van der Waals surface area contributed by atoms with Crippen molar-refractivity contribution < 1.29 is 0 Å². The maximum Gasteiger partial charge on any atom is 0.0349 e. The molecule has 0 aromatic heterocycles. The lowest BCUT2D eigenvalue weighted by Gasteiger charge is -2.39. The van der Waals surface area contributed by atoms with Crippen molar-refractivity contribution in [3.63, 3.8) is 0 Å². The Morgan fingerprint density at radius 2 is 2.00 bits per heavy atom. The zero-order valence-electron chi connectivity index (χ0n) is 11.8. The van der Waals surface area contributed by atoms with E-state index < -0.39 is 0 Å². The molecule has 1 unspecified atom stereocenters. The maximum atomic E-state index is 5.90. The molecule has 3 heteroatoms. The Balaban J connectivity index is 2.05. The number of benzene rings is 1. The summed E-state index contributed by atoms with van der Waals surface area (Å²) in [4.78, 5) is 4.89. The van der Waals surface area contributed by atoms with Crippen molar-refractivity contribution in [3.05, 3.63) is 34.9 Å². The molecule has 1 heterocycles. The summed E-state index contributed by atoms with van der Waals surface area (Å²) in [6.07, 6.45) is 0. The van der Waals surface area contributed by atoms with Gasteiger partial charge in [0, 0.05) is 38.8 Å². The van der Waals surface area contributed by atoms with Crippen LogP contribution in [0.2, 0.25) is 0 Å². The normalized spacial score (nSPS) is 22.3. The topological polar surface area (TPSA) is 32.5 Å². The van der Waals surface area contributed by atoms with Crippen molar-refractivity contribution in [3.8, 4) is 0 Å². The minimum atomic E-state index is 0.491. The highest BCUT2D eigenvalue weighted by Gasteiger charge is 2.23. The number of aryl methyl sites for hydroxylation is 2. The van der Waals surface area contributed by atoms with E-state index in [2.05, 4.69) is 48.9 Å². The molecule has 1 fully saturated rings. The maximum absolute atomic E-state index is 5.90. The van der Waals surface area contributed by atoms with Gasteiger partial charge in [-0.2, -0.15) is 0 Å². The second kappa shape index (κ2) is 5.83. The smallest absolute Gasteiger partial charge is 0.0349 e. The van der Waals surface area contributed by atoms with E-state index in [1.807, 2.05) is 0 Å². The average molecular weight is 247 g/mol. The van der Waals surface area contributed by atoms with Crippen LogP contribution in [-0.2, 0) is 6.54 Å². The highest BCUT2D eigenvalue weighted by Crippen LogP contribution is 2.15. The van der Waals surface area contributed by atoms with Crippen LogP contribution in [0.15, 0.2) is 18.2 Å². The van der Waals surface area contributed by atoms with Crippen LogP contribution in [-0.4, -0.2) is 49.1 Å². The molecule has 0 amide bonds. The second-order valence-corrected chi connectivity index (χ2v) is 5.54. The summed E-state index contributed by atoms with van der Waals surface area (Å²) in [6, 6.07) is 7.26. The van der Waals surface area contributed by atoms with Crippen LogP contribution in [0.3, 0.4) is 0 Å². The predicted molar refractivity (Wildman–Crippen MR) is 76.7 cm³/mol. The summed E-state index contributed by atoms with van der Waals surface area (Å²) >= 11 is 0. The molecule has 1 aromatic carbocycles. The molecule has 0 spiro atoms. The number of nitrogens with two attached hydrogens (primary N) is 1. The van der Waals surface area contributed by atoms with Crippen LogP contribution in [0.25, 0.3) is 0 Å². The third kappa shape index (κ3) is 3.10. The number of hydrogen-bond acceptors (Lipinski definition) is 3. The van der Waals surface area contributed by atoms with Crippen LogP contribution in [0.5, 0.6) is 0 Å². The molecule has 3 nitrogen and oxygen atoms in total. The zero-order valence-corrected chi connectivity index (χ0v) is 11.8. The first-order valence-corrected chi connectivity index (χ1v) is 6.79. The fraction of sp³-hybridized carbons (Fsp3) is 0.600. The van der Waals surface area contributed by atoms with Crippen molar-refractivity contribution in [2.45, 2.75) is 26.4 Å². The highest BCUT2D eigenvalue weighted by atomic mass is 15.3. The lowest BCUT2D eigenvalue weighted by Crippen LogP contribution is -2.54. The quantitative estimate of drug-likeness (QED) is 0.876. The number of nitrogens with zero attached hydrogens (tertiary/aromatic N) is 2. The molecule has 100 valence electrons. The zero-order chi connectivity index (χ0) is 13.1. The number of likely N-dealkylation sites (N-methyl/N-ethyl adjacent to an activating group) is 1. The van der Waals surface area contributed by atoms with Crippen molar-refractivity contribution >= 4 is 0 Å². The Morgan fingerprint density at radius 1 is 1.22 bits per heavy atom. The van der Waals surface area contributed by atoms with Gasteiger partial charge in [-0.15, -0.1) is 0 Å². The standard InChI is InChI=1S/C15H25N3/c1-12-4-5-14(8-13(12)2)10-18-7-6-17(3)11-15(18)9-16/h4-5,8,15H,6-7,9-11,16H2,1-3H3. The molecule has 1 aromatic rings. The van der Waals surface area contributed by atoms with Gasteiger partial charge in [0.1, 0.15) is 0 Å². The lowest BCUT2D eigenvalue weighted by atomic mass is 10.0. The Kier molecular flexibility index (Phi) is 4.38. The van der Waals surface area contributed by atoms with E-state index in [1.165, 1.54) is 16.7 Å². The van der Waals surface area contributed by atoms with Crippen LogP contribution >= 0.6 is 0 Å². The Bertz CT molecular complexity index is 403. The van der Waals surface area contributed by atoms with E-state index in [1.54, 1.807) is 0 Å². The predicted octanol–water partition coefficient (Wildman–Crippen LogP) is 1.38. The summed E-state index contributed by atoms with van der Waals surface area (Å²) in [5.41, 5.74) is 10.0. The molecule has 2 rings (SSSR count). The molecule has 0 radical (unpaired) electrons. The van der Waals surface area contributed by atoms with Gasteiger partial charge in [-0.3, -0.25) is 4.90 Å². The van der Waals surface area contributed by atoms with Gasteiger partial charge in [0.25, 0.3) is 0 Å². The van der Waals surface area contributed by atoms with Crippen LogP contribution in [0, 0.1) is 13.8 Å². The van der Waals surface area contributed by atoms with Crippen LogP contribution in [0.4, 0.5) is 0 Å². The van der Waals surface area contributed by atoms with Gasteiger partial charge in [0.05, 0.1) is 0 Å². The van der Waals surface area contributed by atoms with Gasteiger partial charge < -0.3 is 10.6 Å². The fourth-order valence-corrected chi connectivity index (χ4v) is 2.62. The fourth-order valence-electron chi connectivity index (χ4n) is 2.62. The van der Waals surface area contributed by atoms with Gasteiger partial charge in [-0.1, -0.05) is 18.2 Å². The summed E-state index contributed by atoms with van der Waals surface area (Å²) in [7, 11) is 2.18. The summed E-state index contributed by atoms with van der Waals surface area (Å²) < 4.78 is 0. The molecule has 2 N–H and O–H groups in total. The van der Waals surface area contributed by atoms with E-state index in [9.17, 15) is 0 Å². The number of rotatable bonds is 3. The van der Waals surface area contributed by atoms with E-state index in [4.69, 9.17) is 5.73 Å². The van der Waals surface area contributed by atoms with Crippen molar-refractivity contribution in [1.29, 1.82) is 0 Å². The lowest BCUT2D eigenvalue weighted by molar-refractivity contribution is 0.0881. The Labute approximate surface area is 111 Å². The van der Waals surface area contributed by atoms with Crippen LogP contribution < -0.4 is 5.73 Å². The summed E-state index contributed by atoms with van der Waals surface area (Å²) in [6.45, 7) is 9.46. The van der Waals surface area contributed by atoms with E-state index in [-0.39, 0.29) is 0 Å². The van der Waals surface area contributed by atoms with Crippen molar-refractivity contribution in [2.75, 3.05) is 33.2 Å². The van der Waals surface area contributed by atoms with Gasteiger partial charge in [-0.25, -0.2) is 0 Å². The van der Waals surface area contributed by atoms with Crippen LogP contribution in [0.1, 0.15) is 16.7 Å². The van der Waals surface area contributed by atoms with Gasteiger partial charge >= 0.3 is 0 Å². The van der Waals surface area contributed by atoms with Gasteiger partial charge in [0.2, 0.25) is 0 Å². The second-order valence-electron chi connectivity index (χ2n) is 5.54. The van der Waals surface area contributed by atoms with Crippen molar-refractivity contribution in [1.82, 2.24) is 9.80 Å². The molecular formula is C15H25N3. The largest absolute Gasteiger partial charge is 0.329 e. The minimum Gasteiger partial charge on any atom is -0.329 e. The number of hydrogen-bond donors (Lipinski definition) is 1. The molecule has 18 heavy (non-hydrogen) atoms. The molecular weight excluding hydrogens is 222 g/mol. The molecule has 1 saturated heterocycles. The summed E-state index contributed by atoms with van der Waals surface area (Å²) in [5, 5.41) is 0. The molecule has 1 aliphatic heterocycles. The summed E-state index contributed by atoms with van der Waals surface area (Å²) in [5.74, 6) is 0. The molecule has 1 aliphatic rings. The van der Waals surface area contributed by atoms with Crippen molar-refractivity contribution in [2.24, 2.45) is 5.73 Å². The third-order valence-electron chi connectivity index (χ3n) is 4.04. The molecule has 1 atom stereocenters. The minimum absolute atomic E-state index is 0.491. The van der Waals surface area contributed by atoms with Gasteiger partial charge in [0.15, 0.2) is 0 Å². The SMILES string of the molecule is Cc1ccc(CN2CCN(C)CC2CN)cc1C.